The molecule has 3 nitrogen and oxygen atoms in total. The number of hydrogen-bond donors (Lipinski definition) is 1. The molecule has 1 amide bonds. The molecule has 0 saturated carbocycles. The van der Waals surface area contributed by atoms with Crippen LogP contribution in [0.3, 0.4) is 0 Å². The van der Waals surface area contributed by atoms with Gasteiger partial charge in [-0.1, -0.05) is 26.0 Å². The van der Waals surface area contributed by atoms with Crippen molar-refractivity contribution in [3.8, 4) is 5.75 Å². The molecule has 2 aromatic rings. The maximum Gasteiger partial charge on any atom is 0.230 e. The van der Waals surface area contributed by atoms with Crippen molar-refractivity contribution < 1.29 is 18.3 Å². The number of ether oxygens (including phenoxy) is 1. The maximum absolute atomic E-state index is 13.7. The first-order valence-corrected chi connectivity index (χ1v) is 8.65. The van der Waals surface area contributed by atoms with E-state index >= 15 is 0 Å². The van der Waals surface area contributed by atoms with Gasteiger partial charge in [0, 0.05) is 11.5 Å². The number of anilines is 1. The van der Waals surface area contributed by atoms with E-state index in [1.807, 2.05) is 32.0 Å². The summed E-state index contributed by atoms with van der Waals surface area (Å²) in [5.74, 6) is -0.925. The molecule has 0 aromatic heterocycles. The van der Waals surface area contributed by atoms with Crippen molar-refractivity contribution in [3.05, 3.63) is 59.2 Å². The Morgan fingerprint density at radius 1 is 1.12 bits per heavy atom. The Kier molecular flexibility index (Phi) is 6.35. The quantitative estimate of drug-likeness (QED) is 0.670. The molecule has 0 aliphatic carbocycles. The highest BCUT2D eigenvalue weighted by Gasteiger charge is 2.28. The fourth-order valence-corrected chi connectivity index (χ4v) is 2.55. The van der Waals surface area contributed by atoms with Gasteiger partial charge in [-0.05, 0) is 56.0 Å². The maximum atomic E-state index is 13.7. The van der Waals surface area contributed by atoms with Crippen molar-refractivity contribution in [2.24, 2.45) is 5.41 Å². The zero-order valence-corrected chi connectivity index (χ0v) is 15.7. The first-order chi connectivity index (χ1) is 12.2. The number of halogens is 2. The third-order valence-electron chi connectivity index (χ3n) is 4.34. The highest BCUT2D eigenvalue weighted by molar-refractivity contribution is 5.94. The molecular formula is C21H25F2NO2. The average Bonchev–Trinajstić information content (AvgIpc) is 2.57. The second-order valence-corrected chi connectivity index (χ2v) is 7.18. The van der Waals surface area contributed by atoms with Crippen LogP contribution in [0.15, 0.2) is 36.4 Å². The van der Waals surface area contributed by atoms with Gasteiger partial charge < -0.3 is 10.1 Å². The molecule has 0 aliphatic heterocycles. The number of carbonyl (C=O) groups excluding carboxylic acids is 1. The normalized spacial score (nSPS) is 11.3. The van der Waals surface area contributed by atoms with Crippen LogP contribution in [-0.4, -0.2) is 12.5 Å². The minimum Gasteiger partial charge on any atom is -0.493 e. The van der Waals surface area contributed by atoms with Gasteiger partial charge in [-0.25, -0.2) is 8.78 Å². The number of benzene rings is 2. The number of hydrogen-bond acceptors (Lipinski definition) is 2. The molecule has 2 aromatic carbocycles. The lowest BCUT2D eigenvalue weighted by atomic mass is 9.87. The number of aryl methyl sites for hydroxylation is 2. The molecule has 0 spiro atoms. The first kappa shape index (κ1) is 19.9. The van der Waals surface area contributed by atoms with Crippen LogP contribution in [0.25, 0.3) is 0 Å². The summed E-state index contributed by atoms with van der Waals surface area (Å²) in [7, 11) is 0. The van der Waals surface area contributed by atoms with E-state index < -0.39 is 17.0 Å². The number of amides is 1. The van der Waals surface area contributed by atoms with Crippen LogP contribution >= 0.6 is 0 Å². The lowest BCUT2D eigenvalue weighted by Crippen LogP contribution is -2.31. The third kappa shape index (κ3) is 5.28. The van der Waals surface area contributed by atoms with Gasteiger partial charge in [0.05, 0.1) is 12.3 Å². The predicted octanol–water partition coefficient (Wildman–Crippen LogP) is 5.41. The van der Waals surface area contributed by atoms with Crippen LogP contribution in [0, 0.1) is 30.9 Å². The summed E-state index contributed by atoms with van der Waals surface area (Å²) in [5.41, 5.74) is 1.48. The zero-order valence-electron chi connectivity index (χ0n) is 15.7. The van der Waals surface area contributed by atoms with Gasteiger partial charge in [-0.3, -0.25) is 4.79 Å². The van der Waals surface area contributed by atoms with Crippen molar-refractivity contribution >= 4 is 11.6 Å². The molecule has 26 heavy (non-hydrogen) atoms. The Morgan fingerprint density at radius 3 is 2.54 bits per heavy atom. The fourth-order valence-electron chi connectivity index (χ4n) is 2.55. The van der Waals surface area contributed by atoms with Crippen molar-refractivity contribution in [2.75, 3.05) is 11.9 Å². The molecule has 5 heteroatoms. The van der Waals surface area contributed by atoms with Gasteiger partial charge in [0.2, 0.25) is 5.91 Å². The van der Waals surface area contributed by atoms with Crippen LogP contribution in [-0.2, 0) is 4.79 Å². The Balaban J connectivity index is 1.87. The van der Waals surface area contributed by atoms with Gasteiger partial charge in [-0.15, -0.1) is 0 Å². The molecule has 0 heterocycles. The molecule has 0 fully saturated rings. The minimum atomic E-state index is -0.785. The van der Waals surface area contributed by atoms with E-state index in [0.29, 0.717) is 19.4 Å². The van der Waals surface area contributed by atoms with Crippen LogP contribution in [0.1, 0.15) is 37.8 Å². The minimum absolute atomic E-state index is 0.0175. The summed E-state index contributed by atoms with van der Waals surface area (Å²) in [5, 5.41) is 2.53. The van der Waals surface area contributed by atoms with Gasteiger partial charge in [0.15, 0.2) is 0 Å². The summed E-state index contributed by atoms with van der Waals surface area (Å²) in [6.45, 7) is 8.08. The van der Waals surface area contributed by atoms with Gasteiger partial charge in [-0.2, -0.15) is 0 Å². The highest BCUT2D eigenvalue weighted by Crippen LogP contribution is 2.26. The predicted molar refractivity (Wildman–Crippen MR) is 99.4 cm³/mol. The summed E-state index contributed by atoms with van der Waals surface area (Å²) >= 11 is 0. The Hall–Kier alpha value is -2.43. The Labute approximate surface area is 153 Å². The van der Waals surface area contributed by atoms with E-state index in [0.717, 1.165) is 29.0 Å². The summed E-state index contributed by atoms with van der Waals surface area (Å²) in [4.78, 5) is 12.4. The van der Waals surface area contributed by atoms with E-state index in [2.05, 4.69) is 5.32 Å². The zero-order chi connectivity index (χ0) is 19.3. The van der Waals surface area contributed by atoms with Crippen molar-refractivity contribution in [2.45, 2.75) is 40.5 Å². The van der Waals surface area contributed by atoms with Crippen LogP contribution < -0.4 is 10.1 Å². The van der Waals surface area contributed by atoms with Gasteiger partial charge in [0.1, 0.15) is 17.4 Å². The van der Waals surface area contributed by atoms with Crippen molar-refractivity contribution in [3.63, 3.8) is 0 Å². The van der Waals surface area contributed by atoms with Crippen LogP contribution in [0.4, 0.5) is 14.5 Å². The van der Waals surface area contributed by atoms with E-state index in [9.17, 15) is 13.6 Å². The lowest BCUT2D eigenvalue weighted by Gasteiger charge is -2.24. The molecular weight excluding hydrogens is 336 g/mol. The van der Waals surface area contributed by atoms with E-state index in [1.165, 1.54) is 6.07 Å². The molecule has 0 radical (unpaired) electrons. The van der Waals surface area contributed by atoms with Gasteiger partial charge in [0.25, 0.3) is 0 Å². The van der Waals surface area contributed by atoms with E-state index in [4.69, 9.17) is 4.74 Å². The molecule has 0 atom stereocenters. The summed E-state index contributed by atoms with van der Waals surface area (Å²) < 4.78 is 32.4. The topological polar surface area (TPSA) is 38.3 Å². The van der Waals surface area contributed by atoms with Crippen LogP contribution in [0.2, 0.25) is 0 Å². The monoisotopic (exact) mass is 361 g/mol. The smallest absolute Gasteiger partial charge is 0.230 e. The first-order valence-electron chi connectivity index (χ1n) is 8.65. The van der Waals surface area contributed by atoms with Crippen molar-refractivity contribution in [1.29, 1.82) is 0 Å². The Morgan fingerprint density at radius 2 is 1.85 bits per heavy atom. The third-order valence-corrected chi connectivity index (χ3v) is 4.34. The molecule has 1 N–H and O–H groups in total. The molecule has 0 unspecified atom stereocenters. The second kappa shape index (κ2) is 8.30. The molecule has 0 aliphatic rings. The molecule has 0 bridgehead atoms. The fraction of sp³-hybridized carbons (Fsp3) is 0.381. The molecule has 2 rings (SSSR count). The second-order valence-electron chi connectivity index (χ2n) is 7.18. The summed E-state index contributed by atoms with van der Waals surface area (Å²) in [6.07, 6.45) is 1.26. The number of nitrogens with one attached hydrogen (secondary N) is 1. The van der Waals surface area contributed by atoms with Crippen molar-refractivity contribution in [1.82, 2.24) is 0 Å². The SMILES string of the molecule is Cc1ccc(C)c(OCCCC(C)(C)C(=O)Nc2ccc(F)cc2F)c1. The van der Waals surface area contributed by atoms with Gasteiger partial charge >= 0.3 is 0 Å². The standard InChI is InChI=1S/C21H25F2NO2/c1-14-6-7-15(2)19(12-14)26-11-5-10-21(3,4)20(25)24-18-9-8-16(22)13-17(18)23/h6-9,12-13H,5,10-11H2,1-4H3,(H,24,25). The lowest BCUT2D eigenvalue weighted by molar-refractivity contribution is -0.124. The molecule has 0 saturated heterocycles. The summed E-state index contributed by atoms with van der Waals surface area (Å²) in [6, 6.07) is 9.13. The van der Waals surface area contributed by atoms with E-state index in [-0.39, 0.29) is 11.6 Å². The van der Waals surface area contributed by atoms with E-state index in [1.54, 1.807) is 13.8 Å². The average molecular weight is 361 g/mol. The number of rotatable bonds is 7. The number of carbonyl (C=O) groups is 1. The highest BCUT2D eigenvalue weighted by atomic mass is 19.1. The van der Waals surface area contributed by atoms with Crippen LogP contribution in [0.5, 0.6) is 5.75 Å². The largest absolute Gasteiger partial charge is 0.493 e. The molecule has 140 valence electrons. The Bertz CT molecular complexity index is 788.